The zero-order valence-corrected chi connectivity index (χ0v) is 18.3. The first-order valence-electron chi connectivity index (χ1n) is 10.6. The summed E-state index contributed by atoms with van der Waals surface area (Å²) in [6, 6.07) is 14.8. The number of benzene rings is 2. The molecule has 0 aliphatic carbocycles. The van der Waals surface area contributed by atoms with E-state index in [4.69, 9.17) is 10.5 Å². The van der Waals surface area contributed by atoms with Crippen molar-refractivity contribution in [2.75, 3.05) is 44.3 Å². The van der Waals surface area contributed by atoms with Crippen molar-refractivity contribution in [3.8, 4) is 5.75 Å². The van der Waals surface area contributed by atoms with Gasteiger partial charge in [0.05, 0.1) is 13.2 Å². The van der Waals surface area contributed by atoms with Gasteiger partial charge in [-0.25, -0.2) is 4.39 Å². The molecular weight excluding hydrogens is 409 g/mol. The van der Waals surface area contributed by atoms with E-state index in [0.717, 1.165) is 37.4 Å². The van der Waals surface area contributed by atoms with E-state index in [-0.39, 0.29) is 23.6 Å². The van der Waals surface area contributed by atoms with E-state index in [1.807, 2.05) is 36.4 Å². The Labute approximate surface area is 187 Å². The first-order chi connectivity index (χ1) is 15.5. The molecule has 32 heavy (non-hydrogen) atoms. The molecule has 0 spiro atoms. The molecule has 9 heteroatoms. The van der Waals surface area contributed by atoms with Gasteiger partial charge >= 0.3 is 0 Å². The molecule has 0 amide bonds. The minimum atomic E-state index is -0.329. The second kappa shape index (κ2) is 9.88. The Hall–Kier alpha value is -3.30. The van der Waals surface area contributed by atoms with Crippen LogP contribution in [0.1, 0.15) is 24.4 Å². The number of nitrogens with two attached hydrogens (primary N) is 1. The van der Waals surface area contributed by atoms with E-state index < -0.39 is 0 Å². The molecule has 0 unspecified atom stereocenters. The van der Waals surface area contributed by atoms with Crippen LogP contribution in [0.2, 0.25) is 0 Å². The summed E-state index contributed by atoms with van der Waals surface area (Å²) in [5, 5.41) is 3.18. The topological polar surface area (TPSA) is 92.4 Å². The number of hydrogen-bond donors (Lipinski definition) is 2. The summed E-state index contributed by atoms with van der Waals surface area (Å²) >= 11 is 0. The summed E-state index contributed by atoms with van der Waals surface area (Å²) in [4.78, 5) is 17.8. The maximum Gasteiger partial charge on any atom is 0.232 e. The van der Waals surface area contributed by atoms with Gasteiger partial charge in [0.25, 0.3) is 0 Å². The largest absolute Gasteiger partial charge is 0.494 e. The van der Waals surface area contributed by atoms with Crippen LogP contribution < -0.4 is 15.8 Å². The Balaban J connectivity index is 1.37. The van der Waals surface area contributed by atoms with Crippen LogP contribution in [0.4, 0.5) is 22.0 Å². The van der Waals surface area contributed by atoms with Crippen molar-refractivity contribution in [1.29, 1.82) is 0 Å². The predicted molar refractivity (Wildman–Crippen MR) is 122 cm³/mol. The fraction of sp³-hybridized carbons (Fsp3) is 0.348. The number of methoxy groups -OCH3 is 1. The third-order valence-electron chi connectivity index (χ3n) is 5.65. The first kappa shape index (κ1) is 21.9. The van der Waals surface area contributed by atoms with Gasteiger partial charge in [-0.15, -0.1) is 0 Å². The van der Waals surface area contributed by atoms with Gasteiger partial charge in [-0.1, -0.05) is 24.3 Å². The average Bonchev–Trinajstić information content (AvgIpc) is 2.79. The molecule has 2 aromatic carbocycles. The minimum absolute atomic E-state index is 0.00259. The van der Waals surface area contributed by atoms with E-state index >= 15 is 0 Å². The van der Waals surface area contributed by atoms with E-state index in [1.165, 1.54) is 7.11 Å². The van der Waals surface area contributed by atoms with Gasteiger partial charge in [-0.05, 0) is 36.8 Å². The maximum absolute atomic E-state index is 14.0. The second-order valence-electron chi connectivity index (χ2n) is 7.82. The average molecular weight is 438 g/mol. The molecule has 2 heterocycles. The predicted octanol–water partition coefficient (Wildman–Crippen LogP) is 3.22. The highest BCUT2D eigenvalue weighted by Gasteiger charge is 2.25. The molecule has 0 radical (unpaired) electrons. The molecule has 3 aromatic rings. The van der Waals surface area contributed by atoms with Gasteiger partial charge in [0.15, 0.2) is 17.4 Å². The van der Waals surface area contributed by atoms with Crippen molar-refractivity contribution < 1.29 is 9.13 Å². The number of aromatic nitrogens is 3. The smallest absolute Gasteiger partial charge is 0.232 e. The number of halogens is 1. The second-order valence-corrected chi connectivity index (χ2v) is 7.82. The molecule has 1 fully saturated rings. The molecule has 168 valence electrons. The number of anilines is 3. The molecule has 1 saturated heterocycles. The van der Waals surface area contributed by atoms with Crippen LogP contribution in [-0.4, -0.2) is 58.0 Å². The first-order valence-corrected chi connectivity index (χ1v) is 10.6. The fourth-order valence-corrected chi connectivity index (χ4v) is 3.84. The molecule has 1 aromatic heterocycles. The summed E-state index contributed by atoms with van der Waals surface area (Å²) in [7, 11) is 1.47. The summed E-state index contributed by atoms with van der Waals surface area (Å²) in [6.07, 6.45) is 0. The van der Waals surface area contributed by atoms with Crippen molar-refractivity contribution in [1.82, 2.24) is 24.8 Å². The standard InChI is InChI=1S/C23H28FN7O/c1-16(21-27-22(25)29-23(28-21)26-18-6-4-3-5-7-18)31-12-10-30(11-13-31)15-17-8-9-20(32-2)19(24)14-17/h3-9,14,16H,10-13,15H2,1-2H3,(H3,25,26,27,28,29)/t16-/m0/s1. The van der Waals surface area contributed by atoms with Gasteiger partial charge < -0.3 is 15.8 Å². The third-order valence-corrected chi connectivity index (χ3v) is 5.65. The van der Waals surface area contributed by atoms with E-state index in [9.17, 15) is 4.39 Å². The lowest BCUT2D eigenvalue weighted by molar-refractivity contribution is 0.0947. The molecule has 0 bridgehead atoms. The quantitative estimate of drug-likeness (QED) is 0.582. The van der Waals surface area contributed by atoms with Crippen LogP contribution in [0.15, 0.2) is 48.5 Å². The SMILES string of the molecule is COc1ccc(CN2CCN([C@@H](C)c3nc(N)nc(Nc4ccccc4)n3)CC2)cc1F. The normalized spacial score (nSPS) is 16.0. The van der Waals surface area contributed by atoms with E-state index in [0.29, 0.717) is 18.3 Å². The highest BCUT2D eigenvalue weighted by atomic mass is 19.1. The van der Waals surface area contributed by atoms with Gasteiger partial charge in [0, 0.05) is 38.4 Å². The summed E-state index contributed by atoms with van der Waals surface area (Å²) in [5.74, 6) is 1.21. The summed E-state index contributed by atoms with van der Waals surface area (Å²) in [6.45, 7) is 6.23. The van der Waals surface area contributed by atoms with Crippen molar-refractivity contribution in [3.05, 3.63) is 65.7 Å². The Morgan fingerprint density at radius 3 is 2.50 bits per heavy atom. The van der Waals surface area contributed by atoms with Crippen LogP contribution in [0.5, 0.6) is 5.75 Å². The lowest BCUT2D eigenvalue weighted by atomic mass is 10.1. The summed E-state index contributed by atoms with van der Waals surface area (Å²) in [5.41, 5.74) is 7.78. The molecule has 1 atom stereocenters. The lowest BCUT2D eigenvalue weighted by Gasteiger charge is -2.37. The number of hydrogen-bond acceptors (Lipinski definition) is 8. The van der Waals surface area contributed by atoms with Gasteiger partial charge in [0.1, 0.15) is 0 Å². The third kappa shape index (κ3) is 5.30. The highest BCUT2D eigenvalue weighted by Crippen LogP contribution is 2.23. The van der Waals surface area contributed by atoms with Crippen molar-refractivity contribution in [2.24, 2.45) is 0 Å². The Morgan fingerprint density at radius 2 is 1.81 bits per heavy atom. The number of nitrogens with one attached hydrogen (secondary N) is 1. The molecule has 1 aliphatic heterocycles. The van der Waals surface area contributed by atoms with Gasteiger partial charge in [0.2, 0.25) is 11.9 Å². The molecule has 0 saturated carbocycles. The zero-order chi connectivity index (χ0) is 22.5. The zero-order valence-electron chi connectivity index (χ0n) is 18.3. The minimum Gasteiger partial charge on any atom is -0.494 e. The lowest BCUT2D eigenvalue weighted by Crippen LogP contribution is -2.47. The number of para-hydroxylation sites is 1. The van der Waals surface area contributed by atoms with Gasteiger partial charge in [-0.2, -0.15) is 15.0 Å². The highest BCUT2D eigenvalue weighted by molar-refractivity contribution is 5.53. The van der Waals surface area contributed by atoms with Crippen molar-refractivity contribution in [2.45, 2.75) is 19.5 Å². The number of nitrogens with zero attached hydrogens (tertiary/aromatic N) is 5. The monoisotopic (exact) mass is 437 g/mol. The van der Waals surface area contributed by atoms with Crippen LogP contribution in [0, 0.1) is 5.82 Å². The molecule has 3 N–H and O–H groups in total. The molecule has 4 rings (SSSR count). The molecular formula is C23H28FN7O. The number of piperazine rings is 1. The number of nitrogen functional groups attached to an aromatic ring is 1. The Morgan fingerprint density at radius 1 is 1.06 bits per heavy atom. The van der Waals surface area contributed by atoms with Crippen LogP contribution in [-0.2, 0) is 6.54 Å². The number of rotatable bonds is 7. The molecule has 8 nitrogen and oxygen atoms in total. The maximum atomic E-state index is 14.0. The summed E-state index contributed by atoms with van der Waals surface area (Å²) < 4.78 is 19.0. The Kier molecular flexibility index (Phi) is 6.77. The molecule has 1 aliphatic rings. The van der Waals surface area contributed by atoms with E-state index in [1.54, 1.807) is 12.1 Å². The Bertz CT molecular complexity index is 1040. The van der Waals surface area contributed by atoms with E-state index in [2.05, 4.69) is 37.0 Å². The van der Waals surface area contributed by atoms with Crippen LogP contribution in [0.3, 0.4) is 0 Å². The van der Waals surface area contributed by atoms with Crippen molar-refractivity contribution in [3.63, 3.8) is 0 Å². The number of ether oxygens (including phenoxy) is 1. The van der Waals surface area contributed by atoms with Crippen LogP contribution >= 0.6 is 0 Å². The van der Waals surface area contributed by atoms with Crippen LogP contribution in [0.25, 0.3) is 0 Å². The van der Waals surface area contributed by atoms with Gasteiger partial charge in [-0.3, -0.25) is 9.80 Å². The fourth-order valence-electron chi connectivity index (χ4n) is 3.84. The van der Waals surface area contributed by atoms with Crippen molar-refractivity contribution >= 4 is 17.6 Å².